The van der Waals surface area contributed by atoms with Crippen LogP contribution in [0.1, 0.15) is 59.3 Å². The zero-order valence-electron chi connectivity index (χ0n) is 10.9. The maximum absolute atomic E-state index is 3.00. The third-order valence-corrected chi connectivity index (χ3v) is 5.33. The molecule has 0 N–H and O–H groups in total. The van der Waals surface area contributed by atoms with E-state index >= 15 is 0 Å². The van der Waals surface area contributed by atoms with Crippen LogP contribution in [0.3, 0.4) is 0 Å². The Morgan fingerprint density at radius 2 is 1.00 bits per heavy atom. The van der Waals surface area contributed by atoms with Crippen molar-refractivity contribution in [1.29, 1.82) is 0 Å². The van der Waals surface area contributed by atoms with E-state index in [-0.39, 0.29) is 0 Å². The van der Waals surface area contributed by atoms with Crippen molar-refractivity contribution in [3.63, 3.8) is 0 Å². The molecule has 16 heavy (non-hydrogen) atoms. The first-order chi connectivity index (χ1) is 7.76. The summed E-state index contributed by atoms with van der Waals surface area (Å²) in [5, 5.41) is 0. The average molecular weight is 421 g/mol. The molecular weight excluding hydrogens is 394 g/mol. The molecule has 0 saturated heterocycles. The summed E-state index contributed by atoms with van der Waals surface area (Å²) in [6, 6.07) is 0. The predicted octanol–water partition coefficient (Wildman–Crippen LogP) is 6.56. The minimum absolute atomic E-state index is 0.422. The molecule has 0 aromatic heterocycles. The first-order valence-corrected chi connectivity index (χ1v) is 13.1. The van der Waals surface area contributed by atoms with E-state index in [0.29, 0.717) is 7.92 Å². The molecule has 0 unspecified atom stereocenters. The van der Waals surface area contributed by atoms with E-state index in [1.807, 2.05) is 0 Å². The summed E-state index contributed by atoms with van der Waals surface area (Å²) in [5.74, 6) is 0. The Morgan fingerprint density at radius 1 is 0.750 bits per heavy atom. The normalized spacial score (nSPS) is 10.4. The SMILES string of the molecule is CCCCP(CCCC)CCCC.[Br][Ni][Br]. The van der Waals surface area contributed by atoms with Crippen molar-refractivity contribution in [2.24, 2.45) is 0 Å². The van der Waals surface area contributed by atoms with Crippen LogP contribution in [-0.4, -0.2) is 18.5 Å². The molecule has 4 heteroatoms. The van der Waals surface area contributed by atoms with E-state index in [9.17, 15) is 0 Å². The topological polar surface area (TPSA) is 0 Å². The molecule has 0 bridgehead atoms. The molecule has 0 radical (unpaired) electrons. The van der Waals surface area contributed by atoms with Gasteiger partial charge in [0.15, 0.2) is 0 Å². The Kier molecular flexibility index (Phi) is 24.3. The molecule has 0 nitrogen and oxygen atoms in total. The Bertz CT molecular complexity index is 96.2. The predicted molar refractivity (Wildman–Crippen MR) is 84.1 cm³/mol. The van der Waals surface area contributed by atoms with Crippen molar-refractivity contribution in [2.45, 2.75) is 59.3 Å². The first kappa shape index (κ1) is 20.2. The monoisotopic (exact) mass is 418 g/mol. The van der Waals surface area contributed by atoms with Crippen molar-refractivity contribution in [3.05, 3.63) is 0 Å². The molecule has 0 aromatic rings. The Labute approximate surface area is 124 Å². The Morgan fingerprint density at radius 3 is 1.19 bits per heavy atom. The van der Waals surface area contributed by atoms with E-state index in [1.54, 1.807) is 18.5 Å². The molecule has 0 amide bonds. The van der Waals surface area contributed by atoms with E-state index in [2.05, 4.69) is 49.2 Å². The zero-order valence-corrected chi connectivity index (χ0v) is 15.9. The molecule has 0 aromatic carbocycles. The van der Waals surface area contributed by atoms with Gasteiger partial charge in [0, 0.05) is 0 Å². The summed E-state index contributed by atoms with van der Waals surface area (Å²) in [4.78, 5) is 0. The van der Waals surface area contributed by atoms with Gasteiger partial charge in [-0.2, -0.15) is 0 Å². The van der Waals surface area contributed by atoms with Gasteiger partial charge in [-0.3, -0.25) is 0 Å². The Balaban J connectivity index is 0. The third kappa shape index (κ3) is 18.3. The van der Waals surface area contributed by atoms with Gasteiger partial charge < -0.3 is 0 Å². The quantitative estimate of drug-likeness (QED) is 0.293. The van der Waals surface area contributed by atoms with Gasteiger partial charge in [0.05, 0.1) is 0 Å². The minimum atomic E-state index is 0.422. The second-order valence-corrected chi connectivity index (χ2v) is 11.6. The van der Waals surface area contributed by atoms with Gasteiger partial charge in [0.1, 0.15) is 0 Å². The van der Waals surface area contributed by atoms with Gasteiger partial charge in [-0.15, -0.1) is 7.92 Å². The molecule has 0 aliphatic rings. The summed E-state index contributed by atoms with van der Waals surface area (Å²) in [6.07, 6.45) is 13.2. The maximum atomic E-state index is 3.00. The van der Waals surface area contributed by atoms with Gasteiger partial charge in [-0.25, -0.2) is 0 Å². The van der Waals surface area contributed by atoms with Crippen molar-refractivity contribution in [2.75, 3.05) is 18.5 Å². The fraction of sp³-hybridized carbons (Fsp3) is 1.00. The number of rotatable bonds is 9. The molecule has 0 fully saturated rings. The van der Waals surface area contributed by atoms with Crippen LogP contribution in [0.15, 0.2) is 0 Å². The van der Waals surface area contributed by atoms with Crippen LogP contribution in [0.25, 0.3) is 0 Å². The van der Waals surface area contributed by atoms with Crippen LogP contribution >= 0.6 is 36.4 Å². The molecule has 0 spiro atoms. The summed E-state index contributed by atoms with van der Waals surface area (Å²) >= 11 is 6.00. The molecule has 0 heterocycles. The molecule has 0 rings (SSSR count). The van der Waals surface area contributed by atoms with Crippen molar-refractivity contribution < 1.29 is 10.9 Å². The third-order valence-electron chi connectivity index (χ3n) is 2.48. The second-order valence-electron chi connectivity index (χ2n) is 3.95. The van der Waals surface area contributed by atoms with Gasteiger partial charge in [-0.05, 0) is 37.7 Å². The van der Waals surface area contributed by atoms with Gasteiger partial charge in [0.25, 0.3) is 0 Å². The number of unbranched alkanes of at least 4 members (excludes halogenated alkanes) is 3. The molecule has 0 aliphatic carbocycles. The molecular formula is C12H27Br2NiP. The molecule has 104 valence electrons. The van der Waals surface area contributed by atoms with Crippen molar-refractivity contribution in [1.82, 2.24) is 0 Å². The number of halogens is 2. The van der Waals surface area contributed by atoms with Gasteiger partial charge >= 0.3 is 39.3 Å². The van der Waals surface area contributed by atoms with Crippen LogP contribution < -0.4 is 0 Å². The van der Waals surface area contributed by atoms with Gasteiger partial charge in [0.2, 0.25) is 0 Å². The van der Waals surface area contributed by atoms with Crippen LogP contribution in [0, 0.1) is 0 Å². The summed E-state index contributed by atoms with van der Waals surface area (Å²) in [5.41, 5.74) is 0. The Hall–Kier alpha value is 1.88. The van der Waals surface area contributed by atoms with E-state index in [0.717, 1.165) is 0 Å². The van der Waals surface area contributed by atoms with Crippen LogP contribution in [-0.2, 0) is 10.9 Å². The summed E-state index contributed by atoms with van der Waals surface area (Å²) in [7, 11) is 1.67. The fourth-order valence-corrected chi connectivity index (χ4v) is 4.44. The van der Waals surface area contributed by atoms with Gasteiger partial charge in [-0.1, -0.05) is 40.0 Å². The first-order valence-electron chi connectivity index (χ1n) is 6.31. The van der Waals surface area contributed by atoms with Crippen molar-refractivity contribution >= 4 is 36.4 Å². The second kappa shape index (κ2) is 19.2. The summed E-state index contributed by atoms with van der Waals surface area (Å²) < 4.78 is 0. The van der Waals surface area contributed by atoms with Crippen molar-refractivity contribution in [3.8, 4) is 0 Å². The fourth-order valence-electron chi connectivity index (χ4n) is 1.48. The van der Waals surface area contributed by atoms with E-state index in [1.165, 1.54) is 49.4 Å². The van der Waals surface area contributed by atoms with Crippen LogP contribution in [0.2, 0.25) is 0 Å². The van der Waals surface area contributed by atoms with Crippen LogP contribution in [0.4, 0.5) is 0 Å². The molecule has 0 atom stereocenters. The standard InChI is InChI=1S/C12H27P.2BrH.Ni/c1-4-7-10-13(11-8-5-2)12-9-6-3;;;/h4-12H2,1-3H3;2*1H;/q;;;+2/p-2. The molecule has 0 aliphatic heterocycles. The van der Waals surface area contributed by atoms with E-state index in [4.69, 9.17) is 0 Å². The molecule has 0 saturated carbocycles. The zero-order chi connectivity index (χ0) is 12.6. The number of hydrogen-bond donors (Lipinski definition) is 0. The summed E-state index contributed by atoms with van der Waals surface area (Å²) in [6.45, 7) is 6.94. The van der Waals surface area contributed by atoms with Crippen LogP contribution in [0.5, 0.6) is 0 Å². The van der Waals surface area contributed by atoms with E-state index < -0.39 is 0 Å². The average Bonchev–Trinajstić information content (AvgIpc) is 2.29. The number of hydrogen-bond acceptors (Lipinski definition) is 0.